The van der Waals surface area contributed by atoms with E-state index in [0.717, 1.165) is 23.7 Å². The van der Waals surface area contributed by atoms with Gasteiger partial charge in [-0.05, 0) is 25.0 Å². The molecule has 4 rings (SSSR count). The molecule has 1 saturated heterocycles. The normalized spacial score (nSPS) is 27.2. The highest BCUT2D eigenvalue weighted by molar-refractivity contribution is 5.95. The topological polar surface area (TPSA) is 51.7 Å². The monoisotopic (exact) mass is 312 g/mol. The number of hydrogen-bond donors (Lipinski definition) is 0. The van der Waals surface area contributed by atoms with E-state index in [1.54, 1.807) is 7.11 Å². The molecule has 1 aliphatic heterocycles. The minimum absolute atomic E-state index is 0.00851. The van der Waals surface area contributed by atoms with Crippen LogP contribution in [0.4, 0.5) is 0 Å². The molecule has 2 aliphatic rings. The number of amides is 1. The van der Waals surface area contributed by atoms with Gasteiger partial charge < -0.3 is 14.4 Å². The fourth-order valence-corrected chi connectivity index (χ4v) is 3.75. The van der Waals surface area contributed by atoms with E-state index in [-0.39, 0.29) is 24.2 Å². The Labute approximate surface area is 135 Å². The quantitative estimate of drug-likeness (QED) is 0.853. The van der Waals surface area contributed by atoms with Gasteiger partial charge in [0.2, 0.25) is 0 Å². The molecule has 0 unspecified atom stereocenters. The summed E-state index contributed by atoms with van der Waals surface area (Å²) in [6.45, 7) is 1.17. The number of benzene rings is 1. The molecular formula is C18H20N2O3. The molecule has 5 heteroatoms. The van der Waals surface area contributed by atoms with Crippen LogP contribution in [0.25, 0.3) is 10.9 Å². The minimum atomic E-state index is -0.0156. The fourth-order valence-electron chi connectivity index (χ4n) is 3.75. The molecule has 1 aliphatic carbocycles. The number of methoxy groups -OCH3 is 1. The summed E-state index contributed by atoms with van der Waals surface area (Å²) in [7, 11) is 1.71. The zero-order valence-corrected chi connectivity index (χ0v) is 13.1. The van der Waals surface area contributed by atoms with Crippen molar-refractivity contribution in [2.45, 2.75) is 31.1 Å². The van der Waals surface area contributed by atoms with Crippen molar-refractivity contribution < 1.29 is 14.3 Å². The maximum atomic E-state index is 12.9. The number of aromatic nitrogens is 1. The van der Waals surface area contributed by atoms with E-state index >= 15 is 0 Å². The standard InChI is InChI=1S/C18H20N2O3/c1-22-16-9-8-15-17(16)23-11-10-20(15)18(21)14-7-6-12-4-2-3-5-13(12)19-14/h2-7,15-17H,8-11H2,1H3/t15-,16+,17+/m0/s1. The SMILES string of the molecule is CO[C@@H]1CC[C@H]2[C@H]1OCCN2C(=O)c1ccc2ccccc2n1. The van der Waals surface area contributed by atoms with Gasteiger partial charge in [-0.15, -0.1) is 0 Å². The molecular weight excluding hydrogens is 292 g/mol. The van der Waals surface area contributed by atoms with Crippen molar-refractivity contribution in [3.8, 4) is 0 Å². The molecule has 0 bridgehead atoms. The van der Waals surface area contributed by atoms with Crippen molar-refractivity contribution in [2.75, 3.05) is 20.3 Å². The Kier molecular flexibility index (Phi) is 3.75. The van der Waals surface area contributed by atoms with Gasteiger partial charge in [0, 0.05) is 19.0 Å². The average Bonchev–Trinajstić information content (AvgIpc) is 3.04. The molecule has 2 fully saturated rings. The number of nitrogens with zero attached hydrogens (tertiary/aromatic N) is 2. The summed E-state index contributed by atoms with van der Waals surface area (Å²) in [4.78, 5) is 19.4. The lowest BCUT2D eigenvalue weighted by atomic mass is 10.1. The van der Waals surface area contributed by atoms with Gasteiger partial charge in [0.25, 0.3) is 5.91 Å². The predicted molar refractivity (Wildman–Crippen MR) is 86.3 cm³/mol. The highest BCUT2D eigenvalue weighted by Gasteiger charge is 2.44. The number of para-hydroxylation sites is 1. The van der Waals surface area contributed by atoms with E-state index in [9.17, 15) is 4.79 Å². The maximum Gasteiger partial charge on any atom is 0.272 e. The van der Waals surface area contributed by atoms with Crippen molar-refractivity contribution >= 4 is 16.8 Å². The molecule has 0 N–H and O–H groups in total. The predicted octanol–water partition coefficient (Wildman–Crippen LogP) is 2.25. The van der Waals surface area contributed by atoms with E-state index in [2.05, 4.69) is 4.98 Å². The van der Waals surface area contributed by atoms with Crippen molar-refractivity contribution in [1.82, 2.24) is 9.88 Å². The molecule has 120 valence electrons. The summed E-state index contributed by atoms with van der Waals surface area (Å²) in [5.74, 6) is -0.00851. The lowest BCUT2D eigenvalue weighted by Crippen LogP contribution is -2.53. The highest BCUT2D eigenvalue weighted by atomic mass is 16.5. The number of fused-ring (bicyclic) bond motifs is 2. The third-order valence-corrected chi connectivity index (χ3v) is 4.92. The minimum Gasteiger partial charge on any atom is -0.379 e. The summed E-state index contributed by atoms with van der Waals surface area (Å²) in [6.07, 6.45) is 1.92. The third-order valence-electron chi connectivity index (χ3n) is 4.92. The molecule has 1 aromatic heterocycles. The molecule has 1 amide bonds. The number of pyridine rings is 1. The molecule has 1 aromatic carbocycles. The second-order valence-electron chi connectivity index (χ2n) is 6.14. The third kappa shape index (κ3) is 2.50. The molecule has 0 radical (unpaired) electrons. The van der Waals surface area contributed by atoms with Crippen molar-refractivity contribution in [3.63, 3.8) is 0 Å². The summed E-state index contributed by atoms with van der Waals surface area (Å²) in [6, 6.07) is 11.7. The Morgan fingerprint density at radius 1 is 1.26 bits per heavy atom. The molecule has 2 heterocycles. The first kappa shape index (κ1) is 14.6. The number of ether oxygens (including phenoxy) is 2. The van der Waals surface area contributed by atoms with Crippen molar-refractivity contribution in [2.24, 2.45) is 0 Å². The van der Waals surface area contributed by atoms with Crippen LogP contribution in [0.1, 0.15) is 23.3 Å². The lowest BCUT2D eigenvalue weighted by molar-refractivity contribution is -0.0947. The second kappa shape index (κ2) is 5.91. The van der Waals surface area contributed by atoms with Crippen LogP contribution < -0.4 is 0 Å². The first-order chi connectivity index (χ1) is 11.3. The largest absolute Gasteiger partial charge is 0.379 e. The number of hydrogen-bond acceptors (Lipinski definition) is 4. The number of carbonyl (C=O) groups excluding carboxylic acids is 1. The number of rotatable bonds is 2. The molecule has 2 aromatic rings. The van der Waals surface area contributed by atoms with Crippen LogP contribution in [-0.2, 0) is 9.47 Å². The Morgan fingerprint density at radius 3 is 3.00 bits per heavy atom. The van der Waals surface area contributed by atoms with Gasteiger partial charge in [-0.2, -0.15) is 0 Å². The van der Waals surface area contributed by atoms with Gasteiger partial charge in [-0.3, -0.25) is 4.79 Å². The van der Waals surface area contributed by atoms with Crippen LogP contribution in [-0.4, -0.2) is 54.3 Å². The van der Waals surface area contributed by atoms with Crippen LogP contribution in [0.3, 0.4) is 0 Å². The summed E-state index contributed by atoms with van der Waals surface area (Å²) in [5.41, 5.74) is 1.36. The zero-order valence-electron chi connectivity index (χ0n) is 13.1. The van der Waals surface area contributed by atoms with Crippen LogP contribution in [0, 0.1) is 0 Å². The Morgan fingerprint density at radius 2 is 2.13 bits per heavy atom. The van der Waals surface area contributed by atoms with E-state index < -0.39 is 0 Å². The van der Waals surface area contributed by atoms with E-state index in [1.165, 1.54) is 0 Å². The van der Waals surface area contributed by atoms with E-state index in [0.29, 0.717) is 18.8 Å². The van der Waals surface area contributed by atoms with Crippen LogP contribution in [0.15, 0.2) is 36.4 Å². The molecule has 0 spiro atoms. The van der Waals surface area contributed by atoms with Gasteiger partial charge >= 0.3 is 0 Å². The summed E-state index contributed by atoms with van der Waals surface area (Å²) < 4.78 is 11.3. The lowest BCUT2D eigenvalue weighted by Gasteiger charge is -2.38. The average molecular weight is 312 g/mol. The second-order valence-corrected chi connectivity index (χ2v) is 6.14. The van der Waals surface area contributed by atoms with Gasteiger partial charge in [0.15, 0.2) is 0 Å². The maximum absolute atomic E-state index is 12.9. The molecule has 3 atom stereocenters. The van der Waals surface area contributed by atoms with Crippen molar-refractivity contribution in [1.29, 1.82) is 0 Å². The van der Waals surface area contributed by atoms with E-state index in [4.69, 9.17) is 9.47 Å². The summed E-state index contributed by atoms with van der Waals surface area (Å²) in [5, 5.41) is 1.05. The zero-order chi connectivity index (χ0) is 15.8. The van der Waals surface area contributed by atoms with Crippen LogP contribution in [0.5, 0.6) is 0 Å². The van der Waals surface area contributed by atoms with Gasteiger partial charge in [0.05, 0.1) is 24.3 Å². The Balaban J connectivity index is 1.62. The number of morpholine rings is 1. The van der Waals surface area contributed by atoms with E-state index in [1.807, 2.05) is 41.3 Å². The van der Waals surface area contributed by atoms with Crippen molar-refractivity contribution in [3.05, 3.63) is 42.1 Å². The Bertz CT molecular complexity index is 733. The Hall–Kier alpha value is -1.98. The fraction of sp³-hybridized carbons (Fsp3) is 0.444. The molecule has 1 saturated carbocycles. The first-order valence-electron chi connectivity index (χ1n) is 8.09. The molecule has 23 heavy (non-hydrogen) atoms. The van der Waals surface area contributed by atoms with Gasteiger partial charge in [-0.1, -0.05) is 24.3 Å². The van der Waals surface area contributed by atoms with Gasteiger partial charge in [-0.25, -0.2) is 4.98 Å². The smallest absolute Gasteiger partial charge is 0.272 e. The number of carbonyl (C=O) groups is 1. The van der Waals surface area contributed by atoms with Gasteiger partial charge in [0.1, 0.15) is 11.8 Å². The highest BCUT2D eigenvalue weighted by Crippen LogP contribution is 2.32. The van der Waals surface area contributed by atoms with Crippen LogP contribution >= 0.6 is 0 Å². The summed E-state index contributed by atoms with van der Waals surface area (Å²) >= 11 is 0. The van der Waals surface area contributed by atoms with Crippen LogP contribution in [0.2, 0.25) is 0 Å². The molecule has 5 nitrogen and oxygen atoms in total. The first-order valence-corrected chi connectivity index (χ1v) is 8.09.